The minimum atomic E-state index is -3.59. The highest BCUT2D eigenvalue weighted by Gasteiger charge is 2.12. The maximum absolute atomic E-state index is 11.3. The Kier molecular flexibility index (Phi) is 32.8. The first-order valence-corrected chi connectivity index (χ1v) is 9.07. The fraction of sp³-hybridized carbons (Fsp3) is 0.238. The van der Waals surface area contributed by atoms with E-state index in [-0.39, 0.29) is 11.5 Å². The highest BCUT2D eigenvalue weighted by molar-refractivity contribution is 7.86. The average Bonchev–Trinajstić information content (AvgIpc) is 2.57. The van der Waals surface area contributed by atoms with Gasteiger partial charge in [-0.1, -0.05) is 48.6 Å². The zero-order valence-electron chi connectivity index (χ0n) is 16.1. The fourth-order valence-corrected chi connectivity index (χ4v) is 1.69. The summed E-state index contributed by atoms with van der Waals surface area (Å²) >= 11 is 0. The lowest BCUT2D eigenvalue weighted by atomic mass is 10.4. The first-order chi connectivity index (χ1) is 11.8. The number of hydrogen-bond acceptors (Lipinski definition) is 3. The summed E-state index contributed by atoms with van der Waals surface area (Å²) in [7, 11) is -3.59. The molecule has 0 amide bonds. The van der Waals surface area contributed by atoms with E-state index in [1.165, 1.54) is 18.2 Å². The molecule has 0 aliphatic carbocycles. The van der Waals surface area contributed by atoms with Crippen molar-refractivity contribution in [3.63, 3.8) is 0 Å². The predicted molar refractivity (Wildman–Crippen MR) is 113 cm³/mol. The Morgan fingerprint density at radius 1 is 0.800 bits per heavy atom. The fourth-order valence-electron chi connectivity index (χ4n) is 0.793. The summed E-state index contributed by atoms with van der Waals surface area (Å²) in [6, 6.07) is 8.00. The third-order valence-corrected chi connectivity index (χ3v) is 2.67. The highest BCUT2D eigenvalue weighted by Crippen LogP contribution is 2.10. The summed E-state index contributed by atoms with van der Waals surface area (Å²) in [4.78, 5) is 0.164. The Balaban J connectivity index is -0.000000152. The molecular weight excluding hydrogens is 332 g/mol. The van der Waals surface area contributed by atoms with Crippen molar-refractivity contribution in [2.75, 3.05) is 6.61 Å². The van der Waals surface area contributed by atoms with Gasteiger partial charge in [0, 0.05) is 0 Å². The van der Waals surface area contributed by atoms with E-state index in [2.05, 4.69) is 37.1 Å². The van der Waals surface area contributed by atoms with Gasteiger partial charge in [-0.2, -0.15) is 8.42 Å². The van der Waals surface area contributed by atoms with Crippen LogP contribution in [0.5, 0.6) is 0 Å². The van der Waals surface area contributed by atoms with Crippen LogP contribution in [0, 0.1) is 0 Å². The lowest BCUT2D eigenvalue weighted by Gasteiger charge is -2.01. The zero-order valence-corrected chi connectivity index (χ0v) is 17.0. The molecule has 0 atom stereocenters. The molecule has 0 bridgehead atoms. The first-order valence-electron chi connectivity index (χ1n) is 7.66. The number of rotatable bonds is 4. The van der Waals surface area contributed by atoms with Gasteiger partial charge in [0.1, 0.15) is 0 Å². The topological polar surface area (TPSA) is 43.4 Å². The molecule has 142 valence electrons. The van der Waals surface area contributed by atoms with Gasteiger partial charge >= 0.3 is 0 Å². The molecule has 0 heterocycles. The summed E-state index contributed by atoms with van der Waals surface area (Å²) in [5.41, 5.74) is 0. The van der Waals surface area contributed by atoms with E-state index < -0.39 is 10.1 Å². The van der Waals surface area contributed by atoms with E-state index >= 15 is 0 Å². The third-order valence-electron chi connectivity index (χ3n) is 1.37. The molecule has 0 N–H and O–H groups in total. The maximum atomic E-state index is 11.3. The monoisotopic (exact) mass is 366 g/mol. The molecule has 4 heteroatoms. The summed E-state index contributed by atoms with van der Waals surface area (Å²) in [6.07, 6.45) is 8.39. The molecule has 0 saturated carbocycles. The van der Waals surface area contributed by atoms with E-state index in [1.807, 2.05) is 27.7 Å². The molecule has 0 fully saturated rings. The van der Waals surface area contributed by atoms with Crippen LogP contribution in [0.1, 0.15) is 27.7 Å². The van der Waals surface area contributed by atoms with Crippen LogP contribution in [0.4, 0.5) is 0 Å². The highest BCUT2D eigenvalue weighted by atomic mass is 32.2. The van der Waals surface area contributed by atoms with Gasteiger partial charge in [0.25, 0.3) is 10.1 Å². The number of allylic oxidation sites excluding steroid dienone is 4. The summed E-state index contributed by atoms with van der Waals surface area (Å²) in [5, 5.41) is 0. The second-order valence-electron chi connectivity index (χ2n) is 3.97. The van der Waals surface area contributed by atoms with Crippen LogP contribution in [0.3, 0.4) is 0 Å². The van der Waals surface area contributed by atoms with Gasteiger partial charge in [-0.3, -0.25) is 4.18 Å². The van der Waals surface area contributed by atoms with Crippen LogP contribution in [0.15, 0.2) is 98.5 Å². The molecule has 0 aliphatic heterocycles. The SMILES string of the molecule is C=CC.C=CC.C=CC.C=CC.C=CCOS(=O)(=O)c1ccccc1. The van der Waals surface area contributed by atoms with Crippen molar-refractivity contribution in [2.24, 2.45) is 0 Å². The predicted octanol–water partition coefficient (Wildman–Crippen LogP) is 6.35. The second kappa shape index (κ2) is 26.7. The molecule has 0 saturated heterocycles. The molecule has 3 nitrogen and oxygen atoms in total. The largest absolute Gasteiger partial charge is 0.297 e. The van der Waals surface area contributed by atoms with Crippen LogP contribution in [-0.2, 0) is 14.3 Å². The third kappa shape index (κ3) is 30.3. The summed E-state index contributed by atoms with van der Waals surface area (Å²) < 4.78 is 27.3. The Bertz CT molecular complexity index is 506. The van der Waals surface area contributed by atoms with Gasteiger partial charge in [-0.05, 0) is 39.8 Å². The molecule has 0 spiro atoms. The lowest BCUT2D eigenvalue weighted by Crippen LogP contribution is -2.05. The van der Waals surface area contributed by atoms with Crippen LogP contribution in [0.2, 0.25) is 0 Å². The smallest absolute Gasteiger partial charge is 0.262 e. The van der Waals surface area contributed by atoms with Crippen LogP contribution in [-0.4, -0.2) is 15.0 Å². The Morgan fingerprint density at radius 2 is 1.12 bits per heavy atom. The minimum Gasteiger partial charge on any atom is -0.262 e. The summed E-state index contributed by atoms with van der Waals surface area (Å²) in [6.45, 7) is 24.4. The van der Waals surface area contributed by atoms with Gasteiger partial charge < -0.3 is 0 Å². The van der Waals surface area contributed by atoms with Gasteiger partial charge in [0.2, 0.25) is 0 Å². The van der Waals surface area contributed by atoms with Crippen molar-refractivity contribution in [1.82, 2.24) is 0 Å². The van der Waals surface area contributed by atoms with E-state index in [0.29, 0.717) is 0 Å². The van der Waals surface area contributed by atoms with Gasteiger partial charge in [0.15, 0.2) is 0 Å². The molecule has 1 aromatic rings. The summed E-state index contributed by atoms with van der Waals surface area (Å²) in [5.74, 6) is 0. The van der Waals surface area contributed by atoms with E-state index in [0.717, 1.165) is 0 Å². The Hall–Kier alpha value is -2.17. The molecule has 0 unspecified atom stereocenters. The van der Waals surface area contributed by atoms with Crippen LogP contribution < -0.4 is 0 Å². The van der Waals surface area contributed by atoms with Gasteiger partial charge in [0.05, 0.1) is 11.5 Å². The van der Waals surface area contributed by atoms with Crippen molar-refractivity contribution in [2.45, 2.75) is 32.6 Å². The zero-order chi connectivity index (χ0) is 20.6. The average molecular weight is 367 g/mol. The second-order valence-corrected chi connectivity index (χ2v) is 5.59. The van der Waals surface area contributed by atoms with Crippen molar-refractivity contribution in [3.8, 4) is 0 Å². The van der Waals surface area contributed by atoms with E-state index in [1.54, 1.807) is 42.5 Å². The van der Waals surface area contributed by atoms with Gasteiger partial charge in [-0.25, -0.2) is 0 Å². The lowest BCUT2D eigenvalue weighted by molar-refractivity contribution is 0.357. The van der Waals surface area contributed by atoms with Crippen molar-refractivity contribution in [3.05, 3.63) is 93.6 Å². The maximum Gasteiger partial charge on any atom is 0.297 e. The van der Waals surface area contributed by atoms with Crippen molar-refractivity contribution < 1.29 is 12.6 Å². The molecular formula is C21H34O3S. The van der Waals surface area contributed by atoms with Crippen molar-refractivity contribution >= 4 is 10.1 Å². The molecule has 0 aliphatic rings. The normalized spacial score (nSPS) is 7.84. The van der Waals surface area contributed by atoms with E-state index in [4.69, 9.17) is 0 Å². The van der Waals surface area contributed by atoms with Gasteiger partial charge in [-0.15, -0.1) is 32.9 Å². The quantitative estimate of drug-likeness (QED) is 0.461. The minimum absolute atomic E-state index is 0.00275. The molecule has 0 aromatic heterocycles. The first kappa shape index (κ1) is 30.7. The Labute approximate surface area is 155 Å². The Morgan fingerprint density at radius 3 is 1.40 bits per heavy atom. The van der Waals surface area contributed by atoms with E-state index in [9.17, 15) is 8.42 Å². The molecule has 25 heavy (non-hydrogen) atoms. The molecule has 1 rings (SSSR count). The van der Waals surface area contributed by atoms with Crippen LogP contribution in [0.25, 0.3) is 0 Å². The number of benzene rings is 1. The van der Waals surface area contributed by atoms with Crippen molar-refractivity contribution in [1.29, 1.82) is 0 Å². The number of hydrogen-bond donors (Lipinski definition) is 0. The molecule has 0 radical (unpaired) electrons. The van der Waals surface area contributed by atoms with Crippen LogP contribution >= 0.6 is 0 Å². The standard InChI is InChI=1S/C9H10O3S.4C3H6/c1-2-8-12-13(10,11)9-6-4-3-5-7-9;4*1-3-2/h2-7H,1,8H2;4*3H,1H2,2H3. The molecule has 1 aromatic carbocycles.